The van der Waals surface area contributed by atoms with Gasteiger partial charge in [0, 0.05) is 23.3 Å². The first kappa shape index (κ1) is 21.5. The van der Waals surface area contributed by atoms with Gasteiger partial charge in [-0.25, -0.2) is 4.99 Å². The maximum Gasteiger partial charge on any atom is 0.232 e. The van der Waals surface area contributed by atoms with Crippen LogP contribution in [0.3, 0.4) is 0 Å². The summed E-state index contributed by atoms with van der Waals surface area (Å²) >= 11 is 2.04. The summed E-state index contributed by atoms with van der Waals surface area (Å²) in [5.74, 6) is 3.33. The van der Waals surface area contributed by atoms with Crippen LogP contribution in [0.2, 0.25) is 0 Å². The number of aliphatic imine (C=N–C) groups is 1. The minimum atomic E-state index is -0.133. The Morgan fingerprint density at radius 3 is 2.67 bits per heavy atom. The molecule has 0 radical (unpaired) electrons. The van der Waals surface area contributed by atoms with Crippen molar-refractivity contribution in [2.75, 3.05) is 18.8 Å². The van der Waals surface area contributed by atoms with E-state index in [0.717, 1.165) is 19.0 Å². The topological polar surface area (TPSA) is 75.3 Å². The van der Waals surface area contributed by atoms with Crippen LogP contribution in [0.4, 0.5) is 0 Å². The molecule has 8 heteroatoms. The van der Waals surface area contributed by atoms with Crippen LogP contribution in [0.15, 0.2) is 9.52 Å². The summed E-state index contributed by atoms with van der Waals surface area (Å²) in [6.07, 6.45) is 2.55. The third kappa shape index (κ3) is 6.42. The highest BCUT2D eigenvalue weighted by molar-refractivity contribution is 14.0. The van der Waals surface area contributed by atoms with Crippen molar-refractivity contribution >= 4 is 41.7 Å². The molecule has 2 heterocycles. The van der Waals surface area contributed by atoms with Crippen molar-refractivity contribution in [3.63, 3.8) is 0 Å². The summed E-state index contributed by atoms with van der Waals surface area (Å²) in [7, 11) is 0. The highest BCUT2D eigenvalue weighted by Crippen LogP contribution is 2.36. The van der Waals surface area contributed by atoms with Crippen molar-refractivity contribution in [2.24, 2.45) is 4.99 Å². The van der Waals surface area contributed by atoms with E-state index < -0.39 is 0 Å². The third-order valence-electron chi connectivity index (χ3n) is 3.76. The van der Waals surface area contributed by atoms with Crippen LogP contribution in [-0.2, 0) is 12.0 Å². The zero-order valence-electron chi connectivity index (χ0n) is 15.3. The maximum absolute atomic E-state index is 5.30. The molecule has 1 fully saturated rings. The Balaban J connectivity index is 0.00000288. The Kier molecular flexibility index (Phi) is 8.31. The number of thioether (sulfide) groups is 1. The van der Waals surface area contributed by atoms with Crippen molar-refractivity contribution in [1.29, 1.82) is 0 Å². The molecule has 1 aliphatic rings. The lowest BCUT2D eigenvalue weighted by molar-refractivity contribution is 0.318. The highest BCUT2D eigenvalue weighted by Gasteiger charge is 2.29. The first-order valence-electron chi connectivity index (χ1n) is 8.32. The molecule has 2 rings (SSSR count). The van der Waals surface area contributed by atoms with Gasteiger partial charge in [0.05, 0.1) is 0 Å². The van der Waals surface area contributed by atoms with Gasteiger partial charge in [-0.1, -0.05) is 25.9 Å². The van der Waals surface area contributed by atoms with Gasteiger partial charge in [-0.2, -0.15) is 16.7 Å². The monoisotopic (exact) mass is 467 g/mol. The van der Waals surface area contributed by atoms with E-state index in [0.29, 0.717) is 23.0 Å². The molecule has 0 aliphatic carbocycles. The standard InChI is InChI=1S/C16H29N5OS.HI/c1-6-17-14(19-11-16(5)8-7-9-23-16)18-10-12-20-13(22-21-12)15(2,3)4;/h6-11H2,1-5H3,(H2,17,18,19);1H. The average molecular weight is 467 g/mol. The van der Waals surface area contributed by atoms with Crippen LogP contribution in [0.5, 0.6) is 0 Å². The molecular weight excluding hydrogens is 437 g/mol. The van der Waals surface area contributed by atoms with Crippen LogP contribution in [0.1, 0.15) is 59.2 Å². The largest absolute Gasteiger partial charge is 0.357 e. The molecule has 1 unspecified atom stereocenters. The van der Waals surface area contributed by atoms with Crippen LogP contribution in [-0.4, -0.2) is 39.7 Å². The minimum absolute atomic E-state index is 0. The van der Waals surface area contributed by atoms with Crippen molar-refractivity contribution < 1.29 is 4.52 Å². The Morgan fingerprint density at radius 1 is 1.38 bits per heavy atom. The van der Waals surface area contributed by atoms with Crippen LogP contribution >= 0.6 is 35.7 Å². The van der Waals surface area contributed by atoms with Gasteiger partial charge in [0.15, 0.2) is 11.8 Å². The number of nitrogens with one attached hydrogen (secondary N) is 2. The molecule has 1 atom stereocenters. The van der Waals surface area contributed by atoms with Gasteiger partial charge in [-0.3, -0.25) is 0 Å². The molecule has 24 heavy (non-hydrogen) atoms. The minimum Gasteiger partial charge on any atom is -0.357 e. The first-order chi connectivity index (χ1) is 10.8. The Labute approximate surface area is 166 Å². The average Bonchev–Trinajstić information content (AvgIpc) is 3.11. The van der Waals surface area contributed by atoms with Crippen molar-refractivity contribution in [3.05, 3.63) is 11.7 Å². The zero-order chi connectivity index (χ0) is 16.9. The molecule has 1 aromatic rings. The molecule has 6 nitrogen and oxygen atoms in total. The fourth-order valence-electron chi connectivity index (χ4n) is 2.36. The van der Waals surface area contributed by atoms with Gasteiger partial charge in [0.1, 0.15) is 6.54 Å². The second-order valence-electron chi connectivity index (χ2n) is 7.22. The van der Waals surface area contributed by atoms with Gasteiger partial charge >= 0.3 is 0 Å². The van der Waals surface area contributed by atoms with Crippen LogP contribution < -0.4 is 10.6 Å². The highest BCUT2D eigenvalue weighted by atomic mass is 127. The summed E-state index contributed by atoms with van der Waals surface area (Å²) in [6, 6.07) is 0. The van der Waals surface area contributed by atoms with Crippen LogP contribution in [0.25, 0.3) is 0 Å². The number of rotatable bonds is 5. The number of nitrogens with zero attached hydrogens (tertiary/aromatic N) is 3. The van der Waals surface area contributed by atoms with E-state index in [9.17, 15) is 0 Å². The van der Waals surface area contributed by atoms with E-state index in [1.165, 1.54) is 18.6 Å². The Bertz CT molecular complexity index is 535. The summed E-state index contributed by atoms with van der Waals surface area (Å²) in [4.78, 5) is 8.99. The summed E-state index contributed by atoms with van der Waals surface area (Å²) in [5.41, 5.74) is -0.133. The molecule has 2 N–H and O–H groups in total. The van der Waals surface area contributed by atoms with Crippen LogP contribution in [0, 0.1) is 0 Å². The van der Waals surface area contributed by atoms with E-state index in [4.69, 9.17) is 4.52 Å². The molecule has 1 saturated heterocycles. The molecule has 0 saturated carbocycles. The Hall–Kier alpha value is -0.510. The van der Waals surface area contributed by atoms with Crippen molar-refractivity contribution in [1.82, 2.24) is 20.8 Å². The number of aromatic nitrogens is 2. The zero-order valence-corrected chi connectivity index (χ0v) is 18.5. The molecule has 0 aromatic carbocycles. The molecule has 1 aliphatic heterocycles. The van der Waals surface area contributed by atoms with Crippen molar-refractivity contribution in [3.8, 4) is 0 Å². The number of hydrogen-bond acceptors (Lipinski definition) is 5. The Morgan fingerprint density at radius 2 is 2.12 bits per heavy atom. The molecule has 0 amide bonds. The fraction of sp³-hybridized carbons (Fsp3) is 0.812. The van der Waals surface area contributed by atoms with E-state index in [1.807, 2.05) is 11.8 Å². The predicted molar refractivity (Wildman–Crippen MR) is 111 cm³/mol. The van der Waals surface area contributed by atoms with Gasteiger partial charge in [-0.15, -0.1) is 24.0 Å². The maximum atomic E-state index is 5.30. The lowest BCUT2D eigenvalue weighted by atomic mass is 9.97. The normalized spacial score (nSPS) is 21.5. The second kappa shape index (κ2) is 9.26. The third-order valence-corrected chi connectivity index (χ3v) is 5.30. The van der Waals surface area contributed by atoms with E-state index in [1.54, 1.807) is 0 Å². The SMILES string of the molecule is CCNC(=NCc1noc(C(C)(C)C)n1)NCC1(C)CCCS1.I. The van der Waals surface area contributed by atoms with E-state index in [-0.39, 0.29) is 29.4 Å². The fourth-order valence-corrected chi connectivity index (χ4v) is 3.61. The quantitative estimate of drug-likeness (QED) is 0.393. The molecule has 138 valence electrons. The van der Waals surface area contributed by atoms with E-state index in [2.05, 4.69) is 60.4 Å². The number of guanidine groups is 1. The second-order valence-corrected chi connectivity index (χ2v) is 8.90. The lowest BCUT2D eigenvalue weighted by Crippen LogP contribution is -2.43. The van der Waals surface area contributed by atoms with Gasteiger partial charge < -0.3 is 15.2 Å². The molecule has 0 spiro atoms. The van der Waals surface area contributed by atoms with Gasteiger partial charge in [0.2, 0.25) is 5.89 Å². The van der Waals surface area contributed by atoms with Gasteiger partial charge in [-0.05, 0) is 32.4 Å². The molecular formula is C16H30IN5OS. The molecule has 0 bridgehead atoms. The number of halogens is 1. The van der Waals surface area contributed by atoms with Crippen molar-refractivity contribution in [2.45, 2.75) is 64.2 Å². The van der Waals surface area contributed by atoms with Gasteiger partial charge in [0.25, 0.3) is 0 Å². The number of hydrogen-bond donors (Lipinski definition) is 2. The molecule has 1 aromatic heterocycles. The van der Waals surface area contributed by atoms with E-state index >= 15 is 0 Å². The summed E-state index contributed by atoms with van der Waals surface area (Å²) < 4.78 is 5.61. The summed E-state index contributed by atoms with van der Waals surface area (Å²) in [5, 5.41) is 10.7. The summed E-state index contributed by atoms with van der Waals surface area (Å²) in [6.45, 7) is 12.7. The lowest BCUT2D eigenvalue weighted by Gasteiger charge is -2.24. The smallest absolute Gasteiger partial charge is 0.232 e. The predicted octanol–water partition coefficient (Wildman–Crippen LogP) is 3.33. The first-order valence-corrected chi connectivity index (χ1v) is 9.30.